The summed E-state index contributed by atoms with van der Waals surface area (Å²) in [6.45, 7) is 8.80. The van der Waals surface area contributed by atoms with Crippen molar-refractivity contribution in [3.8, 4) is 0 Å². The molecule has 2 heterocycles. The van der Waals surface area contributed by atoms with E-state index >= 15 is 0 Å². The van der Waals surface area contributed by atoms with E-state index in [1.54, 1.807) is 4.52 Å². The maximum Gasteiger partial charge on any atom is 0.291 e. The van der Waals surface area contributed by atoms with Crippen molar-refractivity contribution in [2.45, 2.75) is 40.5 Å². The van der Waals surface area contributed by atoms with Gasteiger partial charge in [-0.3, -0.25) is 4.79 Å². The van der Waals surface area contributed by atoms with Crippen LogP contribution in [0.5, 0.6) is 0 Å². The van der Waals surface area contributed by atoms with Crippen LogP contribution in [0.1, 0.15) is 48.7 Å². The Labute approximate surface area is 118 Å². The molecule has 1 N–H and O–H groups in total. The van der Waals surface area contributed by atoms with E-state index in [1.165, 1.54) is 0 Å². The number of fused-ring (bicyclic) bond motifs is 1. The van der Waals surface area contributed by atoms with Gasteiger partial charge in [-0.05, 0) is 38.7 Å². The smallest absolute Gasteiger partial charge is 0.291 e. The van der Waals surface area contributed by atoms with Gasteiger partial charge in [0.25, 0.3) is 11.7 Å². The van der Waals surface area contributed by atoms with Crippen LogP contribution in [-0.2, 0) is 0 Å². The van der Waals surface area contributed by atoms with Crippen molar-refractivity contribution in [3.05, 3.63) is 23.3 Å². The van der Waals surface area contributed by atoms with Crippen molar-refractivity contribution in [2.24, 2.45) is 5.92 Å². The summed E-state index contributed by atoms with van der Waals surface area (Å²) in [5, 5.41) is 7.04. The molecule has 0 aliphatic heterocycles. The van der Waals surface area contributed by atoms with Crippen LogP contribution in [0, 0.1) is 19.8 Å². The van der Waals surface area contributed by atoms with Gasteiger partial charge < -0.3 is 5.32 Å². The van der Waals surface area contributed by atoms with Gasteiger partial charge in [0.05, 0.1) is 0 Å². The summed E-state index contributed by atoms with van der Waals surface area (Å²) in [5.41, 5.74) is 1.78. The number of carbonyl (C=O) groups is 1. The van der Waals surface area contributed by atoms with E-state index in [2.05, 4.69) is 34.2 Å². The third-order valence-electron chi connectivity index (χ3n) is 3.07. The zero-order valence-electron chi connectivity index (χ0n) is 12.5. The highest BCUT2D eigenvalue weighted by Crippen LogP contribution is 2.06. The third kappa shape index (κ3) is 3.31. The fourth-order valence-electron chi connectivity index (χ4n) is 2.05. The maximum atomic E-state index is 12.0. The Morgan fingerprint density at radius 1 is 1.35 bits per heavy atom. The van der Waals surface area contributed by atoms with E-state index in [1.807, 2.05) is 19.9 Å². The minimum absolute atomic E-state index is 0.177. The monoisotopic (exact) mass is 275 g/mol. The van der Waals surface area contributed by atoms with Gasteiger partial charge in [-0.25, -0.2) is 9.50 Å². The van der Waals surface area contributed by atoms with Gasteiger partial charge in [-0.1, -0.05) is 13.8 Å². The van der Waals surface area contributed by atoms with Crippen LogP contribution in [0.25, 0.3) is 5.78 Å². The van der Waals surface area contributed by atoms with Crippen molar-refractivity contribution in [1.82, 2.24) is 24.9 Å². The van der Waals surface area contributed by atoms with Crippen molar-refractivity contribution in [1.29, 1.82) is 0 Å². The van der Waals surface area contributed by atoms with E-state index in [9.17, 15) is 4.79 Å². The highest BCUT2D eigenvalue weighted by molar-refractivity contribution is 5.90. The molecule has 2 aromatic heterocycles. The lowest BCUT2D eigenvalue weighted by molar-refractivity contribution is 0.0942. The second-order valence-electron chi connectivity index (χ2n) is 5.48. The lowest BCUT2D eigenvalue weighted by Gasteiger charge is -2.04. The van der Waals surface area contributed by atoms with E-state index in [4.69, 9.17) is 0 Å². The lowest BCUT2D eigenvalue weighted by Crippen LogP contribution is -2.25. The Kier molecular flexibility index (Phi) is 4.32. The van der Waals surface area contributed by atoms with Gasteiger partial charge >= 0.3 is 0 Å². The van der Waals surface area contributed by atoms with Crippen LogP contribution in [0.4, 0.5) is 0 Å². The summed E-state index contributed by atoms with van der Waals surface area (Å²) in [4.78, 5) is 20.4. The fourth-order valence-corrected chi connectivity index (χ4v) is 2.05. The van der Waals surface area contributed by atoms with E-state index < -0.39 is 0 Å². The Bertz CT molecular complexity index is 617. The molecule has 108 valence electrons. The summed E-state index contributed by atoms with van der Waals surface area (Å²) >= 11 is 0. The molecule has 0 aromatic carbocycles. The maximum absolute atomic E-state index is 12.0. The Balaban J connectivity index is 2.05. The molecule has 6 nitrogen and oxygen atoms in total. The quantitative estimate of drug-likeness (QED) is 0.846. The topological polar surface area (TPSA) is 72.2 Å². The molecular formula is C14H21N5O. The average molecular weight is 275 g/mol. The Morgan fingerprint density at radius 3 is 2.80 bits per heavy atom. The van der Waals surface area contributed by atoms with Gasteiger partial charge in [0, 0.05) is 17.9 Å². The number of rotatable bonds is 5. The molecule has 2 rings (SSSR count). The molecule has 0 fully saturated rings. The average Bonchev–Trinajstić information content (AvgIpc) is 2.78. The van der Waals surface area contributed by atoms with Crippen LogP contribution in [0.3, 0.4) is 0 Å². The minimum Gasteiger partial charge on any atom is -0.349 e. The molecule has 2 aromatic rings. The van der Waals surface area contributed by atoms with Crippen LogP contribution < -0.4 is 5.32 Å². The molecule has 0 saturated carbocycles. The van der Waals surface area contributed by atoms with Gasteiger partial charge in [0.1, 0.15) is 0 Å². The van der Waals surface area contributed by atoms with Crippen LogP contribution in [-0.4, -0.2) is 32.0 Å². The largest absolute Gasteiger partial charge is 0.349 e. The molecule has 0 saturated heterocycles. The Hall–Kier alpha value is -1.98. The highest BCUT2D eigenvalue weighted by Gasteiger charge is 2.14. The predicted molar refractivity (Wildman–Crippen MR) is 76.7 cm³/mol. The van der Waals surface area contributed by atoms with Crippen LogP contribution >= 0.6 is 0 Å². The zero-order valence-corrected chi connectivity index (χ0v) is 12.5. The predicted octanol–water partition coefficient (Wildman–Crippen LogP) is 1.91. The van der Waals surface area contributed by atoms with Crippen LogP contribution in [0.2, 0.25) is 0 Å². The van der Waals surface area contributed by atoms with E-state index in [-0.39, 0.29) is 11.7 Å². The van der Waals surface area contributed by atoms with E-state index in [0.29, 0.717) is 18.2 Å². The first-order valence-electron chi connectivity index (χ1n) is 6.96. The second-order valence-corrected chi connectivity index (χ2v) is 5.48. The minimum atomic E-state index is -0.240. The molecule has 20 heavy (non-hydrogen) atoms. The highest BCUT2D eigenvalue weighted by atomic mass is 16.2. The van der Waals surface area contributed by atoms with Crippen molar-refractivity contribution in [2.75, 3.05) is 6.54 Å². The number of aryl methyl sites for hydroxylation is 2. The summed E-state index contributed by atoms with van der Waals surface area (Å²) in [5.74, 6) is 1.05. The van der Waals surface area contributed by atoms with Crippen molar-refractivity contribution >= 4 is 11.7 Å². The number of nitrogens with one attached hydrogen (secondary N) is 1. The van der Waals surface area contributed by atoms with Crippen molar-refractivity contribution in [3.63, 3.8) is 0 Å². The third-order valence-corrected chi connectivity index (χ3v) is 3.07. The molecule has 0 aliphatic rings. The molecule has 0 spiro atoms. The Morgan fingerprint density at radius 2 is 2.10 bits per heavy atom. The summed E-state index contributed by atoms with van der Waals surface area (Å²) in [6, 6.07) is 1.91. The van der Waals surface area contributed by atoms with Crippen molar-refractivity contribution < 1.29 is 4.79 Å². The van der Waals surface area contributed by atoms with Gasteiger partial charge in [0.2, 0.25) is 5.82 Å². The number of aromatic nitrogens is 4. The van der Waals surface area contributed by atoms with Gasteiger partial charge in [0.15, 0.2) is 0 Å². The summed E-state index contributed by atoms with van der Waals surface area (Å²) in [7, 11) is 0. The number of hydrogen-bond donors (Lipinski definition) is 1. The molecule has 6 heteroatoms. The number of hydrogen-bond acceptors (Lipinski definition) is 4. The first-order valence-corrected chi connectivity index (χ1v) is 6.96. The SMILES string of the molecule is Cc1cc(C)n2nc(C(=O)NCCCC(C)C)nc2n1. The second kappa shape index (κ2) is 5.98. The summed E-state index contributed by atoms with van der Waals surface area (Å²) < 4.78 is 1.59. The van der Waals surface area contributed by atoms with Gasteiger partial charge in [-0.2, -0.15) is 4.98 Å². The molecule has 0 atom stereocenters. The van der Waals surface area contributed by atoms with Gasteiger partial charge in [-0.15, -0.1) is 5.10 Å². The standard InChI is InChI=1S/C14H21N5O/c1-9(2)6-5-7-15-13(20)12-17-14-16-10(3)8-11(4)19(14)18-12/h8-9H,5-7H2,1-4H3,(H,15,20). The molecule has 0 bridgehead atoms. The normalized spacial score (nSPS) is 11.2. The van der Waals surface area contributed by atoms with Crippen LogP contribution in [0.15, 0.2) is 6.07 Å². The molecule has 0 radical (unpaired) electrons. The molecule has 0 unspecified atom stereocenters. The molecule has 1 amide bonds. The number of amides is 1. The zero-order chi connectivity index (χ0) is 14.7. The first kappa shape index (κ1) is 14.4. The number of nitrogens with zero attached hydrogens (tertiary/aromatic N) is 4. The number of carbonyl (C=O) groups excluding carboxylic acids is 1. The molecular weight excluding hydrogens is 254 g/mol. The first-order chi connectivity index (χ1) is 9.47. The van der Waals surface area contributed by atoms with E-state index in [0.717, 1.165) is 24.2 Å². The fraction of sp³-hybridized carbons (Fsp3) is 0.571. The summed E-state index contributed by atoms with van der Waals surface area (Å²) in [6.07, 6.45) is 2.06. The lowest BCUT2D eigenvalue weighted by atomic mass is 10.1. The molecule has 0 aliphatic carbocycles.